The van der Waals surface area contributed by atoms with Crippen molar-refractivity contribution in [3.05, 3.63) is 41.3 Å². The number of carbonyl (C=O) groups excluding carboxylic acids is 1. The predicted molar refractivity (Wildman–Crippen MR) is 72.4 cm³/mol. The number of hydrogen-bond acceptors (Lipinski definition) is 4. The lowest BCUT2D eigenvalue weighted by atomic mass is 10.1. The highest BCUT2D eigenvalue weighted by Crippen LogP contribution is 2.33. The van der Waals surface area contributed by atoms with Crippen LogP contribution in [0.3, 0.4) is 0 Å². The molecule has 7 heteroatoms. The lowest BCUT2D eigenvalue weighted by Gasteiger charge is -2.06. The Labute approximate surface area is 124 Å². The molecule has 1 heterocycles. The number of halogens is 3. The summed E-state index contributed by atoms with van der Waals surface area (Å²) >= 11 is 0. The van der Waals surface area contributed by atoms with Gasteiger partial charge in [0.25, 0.3) is 0 Å². The van der Waals surface area contributed by atoms with E-state index in [1.54, 1.807) is 13.8 Å². The van der Waals surface area contributed by atoms with E-state index in [-0.39, 0.29) is 28.8 Å². The molecule has 0 unspecified atom stereocenters. The first-order chi connectivity index (χ1) is 10.2. The van der Waals surface area contributed by atoms with Crippen LogP contribution in [0.1, 0.15) is 41.6 Å². The maximum absolute atomic E-state index is 12.8. The molecular weight excluding hydrogens is 299 g/mol. The van der Waals surface area contributed by atoms with Gasteiger partial charge in [-0.2, -0.15) is 13.2 Å². The van der Waals surface area contributed by atoms with Crippen LogP contribution >= 0.6 is 0 Å². The average Bonchev–Trinajstić information content (AvgIpc) is 2.91. The molecule has 0 saturated heterocycles. The number of esters is 1. The monoisotopic (exact) mass is 313 g/mol. The number of alkyl halides is 3. The first-order valence-electron chi connectivity index (χ1n) is 6.50. The molecule has 0 aliphatic heterocycles. The number of oxazole rings is 1. The van der Waals surface area contributed by atoms with E-state index in [1.807, 2.05) is 0 Å². The topological polar surface area (TPSA) is 52.3 Å². The van der Waals surface area contributed by atoms with E-state index < -0.39 is 17.7 Å². The van der Waals surface area contributed by atoms with Gasteiger partial charge in [0.2, 0.25) is 5.89 Å². The Morgan fingerprint density at radius 2 is 2.00 bits per heavy atom. The van der Waals surface area contributed by atoms with Gasteiger partial charge in [0, 0.05) is 11.5 Å². The minimum atomic E-state index is -4.46. The Bertz CT molecular complexity index is 690. The fraction of sp³-hybridized carbons (Fsp3) is 0.333. The van der Waals surface area contributed by atoms with Gasteiger partial charge in [0.05, 0.1) is 12.7 Å². The largest absolute Gasteiger partial charge is 0.464 e. The van der Waals surface area contributed by atoms with Crippen LogP contribution < -0.4 is 0 Å². The zero-order valence-corrected chi connectivity index (χ0v) is 12.2. The van der Waals surface area contributed by atoms with E-state index in [9.17, 15) is 18.0 Å². The van der Waals surface area contributed by atoms with Gasteiger partial charge in [-0.25, -0.2) is 9.78 Å². The third-order valence-electron chi connectivity index (χ3n) is 2.99. The minimum absolute atomic E-state index is 0.0232. The average molecular weight is 313 g/mol. The molecule has 0 fully saturated rings. The van der Waals surface area contributed by atoms with Gasteiger partial charge < -0.3 is 9.15 Å². The molecule has 0 saturated carbocycles. The second-order valence-electron chi connectivity index (χ2n) is 4.96. The highest BCUT2D eigenvalue weighted by molar-refractivity contribution is 5.89. The van der Waals surface area contributed by atoms with Gasteiger partial charge in [-0.1, -0.05) is 19.9 Å². The van der Waals surface area contributed by atoms with E-state index in [4.69, 9.17) is 4.42 Å². The van der Waals surface area contributed by atoms with E-state index in [1.165, 1.54) is 19.2 Å². The molecule has 0 aliphatic carbocycles. The van der Waals surface area contributed by atoms with E-state index in [2.05, 4.69) is 9.72 Å². The van der Waals surface area contributed by atoms with Crippen LogP contribution in [-0.2, 0) is 10.9 Å². The minimum Gasteiger partial charge on any atom is -0.464 e. The Morgan fingerprint density at radius 1 is 1.32 bits per heavy atom. The van der Waals surface area contributed by atoms with Crippen molar-refractivity contribution < 1.29 is 27.1 Å². The maximum Gasteiger partial charge on any atom is 0.416 e. The normalized spacial score (nSPS) is 11.8. The van der Waals surface area contributed by atoms with Crippen molar-refractivity contribution in [1.82, 2.24) is 4.98 Å². The third-order valence-corrected chi connectivity index (χ3v) is 2.99. The van der Waals surface area contributed by atoms with Crippen LogP contribution in [0.25, 0.3) is 11.5 Å². The van der Waals surface area contributed by atoms with Gasteiger partial charge >= 0.3 is 12.1 Å². The SMILES string of the molecule is COC(=O)c1nc(-c2cccc(C(F)(F)F)c2)oc1C(C)C. The van der Waals surface area contributed by atoms with Crippen molar-refractivity contribution >= 4 is 5.97 Å². The number of benzene rings is 1. The zero-order chi connectivity index (χ0) is 16.5. The summed E-state index contributed by atoms with van der Waals surface area (Å²) in [6, 6.07) is 4.58. The molecule has 1 aromatic carbocycles. The second-order valence-corrected chi connectivity index (χ2v) is 4.96. The third kappa shape index (κ3) is 3.13. The molecule has 0 radical (unpaired) electrons. The maximum atomic E-state index is 12.8. The number of methoxy groups -OCH3 is 1. The van der Waals surface area contributed by atoms with Crippen molar-refractivity contribution in [1.29, 1.82) is 0 Å². The van der Waals surface area contributed by atoms with Crippen LogP contribution in [0.2, 0.25) is 0 Å². The predicted octanol–water partition coefficient (Wildman–Crippen LogP) is 4.27. The molecule has 0 spiro atoms. The number of ether oxygens (including phenoxy) is 1. The standard InChI is InChI=1S/C15H14F3NO3/c1-8(2)12-11(14(20)21-3)19-13(22-12)9-5-4-6-10(7-9)15(16,17)18/h4-8H,1-3H3. The highest BCUT2D eigenvalue weighted by Gasteiger charge is 2.31. The Hall–Kier alpha value is -2.31. The number of aromatic nitrogens is 1. The fourth-order valence-electron chi connectivity index (χ4n) is 1.92. The Balaban J connectivity index is 2.52. The molecule has 2 aromatic rings. The summed E-state index contributed by atoms with van der Waals surface area (Å²) in [4.78, 5) is 15.7. The summed E-state index contributed by atoms with van der Waals surface area (Å²) in [6.07, 6.45) is -4.46. The number of rotatable bonds is 3. The van der Waals surface area contributed by atoms with Crippen molar-refractivity contribution in [2.45, 2.75) is 25.9 Å². The molecule has 0 amide bonds. The van der Waals surface area contributed by atoms with E-state index in [0.29, 0.717) is 0 Å². The Morgan fingerprint density at radius 3 is 2.55 bits per heavy atom. The van der Waals surface area contributed by atoms with Gasteiger partial charge in [-0.05, 0) is 18.2 Å². The first kappa shape index (κ1) is 16.1. The molecule has 22 heavy (non-hydrogen) atoms. The van der Waals surface area contributed by atoms with Crippen LogP contribution in [0.5, 0.6) is 0 Å². The number of carbonyl (C=O) groups is 1. The van der Waals surface area contributed by atoms with Crippen molar-refractivity contribution in [2.75, 3.05) is 7.11 Å². The molecule has 0 atom stereocenters. The van der Waals surface area contributed by atoms with Gasteiger partial charge in [-0.3, -0.25) is 0 Å². The number of hydrogen-bond donors (Lipinski definition) is 0. The van der Waals surface area contributed by atoms with Crippen molar-refractivity contribution in [2.24, 2.45) is 0 Å². The molecule has 118 valence electrons. The summed E-state index contributed by atoms with van der Waals surface area (Å²) in [5, 5.41) is 0. The zero-order valence-electron chi connectivity index (χ0n) is 12.2. The summed E-state index contributed by atoms with van der Waals surface area (Å²) < 4.78 is 48.3. The number of nitrogens with zero attached hydrogens (tertiary/aromatic N) is 1. The first-order valence-corrected chi connectivity index (χ1v) is 6.50. The van der Waals surface area contributed by atoms with Crippen molar-refractivity contribution in [3.63, 3.8) is 0 Å². The fourth-order valence-corrected chi connectivity index (χ4v) is 1.92. The molecule has 0 bridgehead atoms. The molecule has 4 nitrogen and oxygen atoms in total. The van der Waals surface area contributed by atoms with Gasteiger partial charge in [0.15, 0.2) is 5.69 Å². The van der Waals surface area contributed by atoms with E-state index >= 15 is 0 Å². The summed E-state index contributed by atoms with van der Waals surface area (Å²) in [6.45, 7) is 3.56. The van der Waals surface area contributed by atoms with Crippen LogP contribution in [0.4, 0.5) is 13.2 Å². The van der Waals surface area contributed by atoms with Gasteiger partial charge in [0.1, 0.15) is 5.76 Å². The van der Waals surface area contributed by atoms with Crippen molar-refractivity contribution in [3.8, 4) is 11.5 Å². The highest BCUT2D eigenvalue weighted by atomic mass is 19.4. The van der Waals surface area contributed by atoms with Crippen LogP contribution in [0.15, 0.2) is 28.7 Å². The molecule has 0 N–H and O–H groups in total. The smallest absolute Gasteiger partial charge is 0.416 e. The molecular formula is C15H14F3NO3. The lowest BCUT2D eigenvalue weighted by molar-refractivity contribution is -0.137. The quantitative estimate of drug-likeness (QED) is 0.794. The summed E-state index contributed by atoms with van der Waals surface area (Å²) in [5.41, 5.74) is -0.689. The lowest BCUT2D eigenvalue weighted by Crippen LogP contribution is -2.06. The second kappa shape index (κ2) is 5.82. The summed E-state index contributed by atoms with van der Waals surface area (Å²) in [7, 11) is 1.20. The van der Waals surface area contributed by atoms with Crippen LogP contribution in [0, 0.1) is 0 Å². The summed E-state index contributed by atoms with van der Waals surface area (Å²) in [5.74, 6) is -0.624. The van der Waals surface area contributed by atoms with E-state index in [0.717, 1.165) is 12.1 Å². The van der Waals surface area contributed by atoms with Crippen LogP contribution in [-0.4, -0.2) is 18.1 Å². The molecule has 1 aromatic heterocycles. The van der Waals surface area contributed by atoms with Gasteiger partial charge in [-0.15, -0.1) is 0 Å². The Kier molecular flexibility index (Phi) is 4.25. The molecule has 0 aliphatic rings. The molecule has 2 rings (SSSR count).